The van der Waals surface area contributed by atoms with E-state index in [1.807, 2.05) is 48.5 Å². The predicted octanol–water partition coefficient (Wildman–Crippen LogP) is 2.62. The molecule has 3 aromatic rings. The van der Waals surface area contributed by atoms with Crippen molar-refractivity contribution in [2.24, 2.45) is 0 Å². The molecule has 1 aliphatic heterocycles. The van der Waals surface area contributed by atoms with Gasteiger partial charge in [-0.25, -0.2) is 4.68 Å². The van der Waals surface area contributed by atoms with Gasteiger partial charge in [-0.2, -0.15) is 4.98 Å². The van der Waals surface area contributed by atoms with Gasteiger partial charge in [0.2, 0.25) is 11.9 Å². The molecule has 1 aromatic heterocycles. The Kier molecular flexibility index (Phi) is 4.76. The van der Waals surface area contributed by atoms with Gasteiger partial charge in [0.1, 0.15) is 5.75 Å². The van der Waals surface area contributed by atoms with Crippen LogP contribution in [0.5, 0.6) is 5.75 Å². The Hall–Kier alpha value is -3.68. The second-order valence-electron chi connectivity index (χ2n) is 6.44. The summed E-state index contributed by atoms with van der Waals surface area (Å²) in [7, 11) is 0. The maximum atomic E-state index is 12.4. The number of nitrogens with zero attached hydrogens (tertiary/aromatic N) is 3. The first-order valence-corrected chi connectivity index (χ1v) is 8.94. The minimum Gasteiger partial charge on any atom is -0.481 e. The number of nitrogens with one attached hydrogen (secondary N) is 2. The van der Waals surface area contributed by atoms with E-state index in [0.717, 1.165) is 5.56 Å². The van der Waals surface area contributed by atoms with E-state index in [2.05, 4.69) is 20.7 Å². The summed E-state index contributed by atoms with van der Waals surface area (Å²) < 4.78 is 7.23. The molecule has 2 amide bonds. The Balaban J connectivity index is 1.51. The summed E-state index contributed by atoms with van der Waals surface area (Å²) in [6.07, 6.45) is -0.483. The van der Waals surface area contributed by atoms with Gasteiger partial charge in [-0.1, -0.05) is 48.5 Å². The molecule has 0 unspecified atom stereocenters. The van der Waals surface area contributed by atoms with Gasteiger partial charge in [0.05, 0.1) is 12.5 Å². The minimum absolute atomic E-state index is 0.117. The number of hydrogen-bond donors (Lipinski definition) is 2. The Morgan fingerprint density at radius 2 is 1.86 bits per heavy atom. The molecule has 8 nitrogen and oxygen atoms in total. The van der Waals surface area contributed by atoms with Crippen LogP contribution in [0.4, 0.5) is 11.9 Å². The minimum atomic E-state index is -0.734. The van der Waals surface area contributed by atoms with Crippen molar-refractivity contribution in [2.45, 2.75) is 25.5 Å². The highest BCUT2D eigenvalue weighted by atomic mass is 16.5. The van der Waals surface area contributed by atoms with E-state index in [1.165, 1.54) is 0 Å². The molecule has 0 fully saturated rings. The van der Waals surface area contributed by atoms with E-state index in [-0.39, 0.29) is 30.2 Å². The molecule has 0 saturated heterocycles. The number of rotatable bonds is 5. The van der Waals surface area contributed by atoms with Gasteiger partial charge in [0.15, 0.2) is 6.10 Å². The molecule has 0 spiro atoms. The number of carbonyl (C=O) groups is 2. The number of ether oxygens (including phenoxy) is 1. The van der Waals surface area contributed by atoms with E-state index in [9.17, 15) is 9.59 Å². The number of fused-ring (bicyclic) bond motifs is 1. The van der Waals surface area contributed by atoms with Crippen LogP contribution in [0.3, 0.4) is 0 Å². The fourth-order valence-corrected chi connectivity index (χ4v) is 3.02. The van der Waals surface area contributed by atoms with Crippen LogP contribution in [0.2, 0.25) is 0 Å². The van der Waals surface area contributed by atoms with E-state index in [4.69, 9.17) is 4.74 Å². The topological polar surface area (TPSA) is 98.1 Å². The normalized spacial score (nSPS) is 16.6. The third-order valence-corrected chi connectivity index (χ3v) is 4.40. The second kappa shape index (κ2) is 7.51. The molecule has 4 rings (SSSR count). The number of anilines is 2. The number of hydrogen-bond acceptors (Lipinski definition) is 5. The highest BCUT2D eigenvalue weighted by Gasteiger charge is 2.29. The van der Waals surface area contributed by atoms with Crippen LogP contribution in [-0.2, 0) is 9.59 Å². The molecule has 2 heterocycles. The van der Waals surface area contributed by atoms with E-state index >= 15 is 0 Å². The van der Waals surface area contributed by atoms with Crippen LogP contribution in [0, 0.1) is 0 Å². The van der Waals surface area contributed by atoms with Crippen LogP contribution in [0.1, 0.15) is 24.9 Å². The van der Waals surface area contributed by atoms with Crippen molar-refractivity contribution in [3.8, 4) is 5.75 Å². The van der Waals surface area contributed by atoms with Gasteiger partial charge >= 0.3 is 0 Å². The van der Waals surface area contributed by atoms with E-state index in [1.54, 1.807) is 23.7 Å². The molecule has 0 radical (unpaired) electrons. The summed E-state index contributed by atoms with van der Waals surface area (Å²) in [5.74, 6) is 0.490. The lowest BCUT2D eigenvalue weighted by Crippen LogP contribution is -2.30. The fraction of sp³-hybridized carbons (Fsp3) is 0.200. The van der Waals surface area contributed by atoms with Gasteiger partial charge in [0, 0.05) is 0 Å². The van der Waals surface area contributed by atoms with Gasteiger partial charge in [-0.15, -0.1) is 5.10 Å². The third-order valence-electron chi connectivity index (χ3n) is 4.40. The van der Waals surface area contributed by atoms with E-state index < -0.39 is 6.10 Å². The van der Waals surface area contributed by atoms with Gasteiger partial charge in [-0.05, 0) is 24.6 Å². The first-order valence-electron chi connectivity index (χ1n) is 8.94. The molecule has 142 valence electrons. The van der Waals surface area contributed by atoms with Crippen molar-refractivity contribution in [3.05, 3.63) is 66.2 Å². The van der Waals surface area contributed by atoms with Crippen molar-refractivity contribution >= 4 is 23.7 Å². The molecule has 0 aliphatic carbocycles. The van der Waals surface area contributed by atoms with Crippen LogP contribution < -0.4 is 15.4 Å². The molecule has 0 saturated carbocycles. The van der Waals surface area contributed by atoms with Crippen molar-refractivity contribution < 1.29 is 14.3 Å². The van der Waals surface area contributed by atoms with Gasteiger partial charge < -0.3 is 4.74 Å². The first kappa shape index (κ1) is 17.7. The SMILES string of the molecule is C[C@@H](Oc1ccccc1)C(=O)Nc1nc2n(n1)[C@@H](c1ccccc1)CC(=O)N2. The standard InChI is InChI=1S/C20H19N5O3/c1-13(28-15-10-6-3-7-11-15)18(27)22-19-23-20-21-17(26)12-16(25(20)24-19)14-8-4-2-5-9-14/h2-11,13,16H,12H2,1H3,(H2,21,22,23,24,26,27)/t13-,16-/m1/s1. The molecule has 2 N–H and O–H groups in total. The molecular weight excluding hydrogens is 358 g/mol. The molecule has 2 aromatic carbocycles. The zero-order chi connectivity index (χ0) is 19.5. The maximum absolute atomic E-state index is 12.4. The highest BCUT2D eigenvalue weighted by molar-refractivity contribution is 5.94. The van der Waals surface area contributed by atoms with Crippen LogP contribution >= 0.6 is 0 Å². The first-order chi connectivity index (χ1) is 13.6. The fourth-order valence-electron chi connectivity index (χ4n) is 3.02. The summed E-state index contributed by atoms with van der Waals surface area (Å²) in [6, 6.07) is 18.4. The zero-order valence-electron chi connectivity index (χ0n) is 15.2. The Bertz CT molecular complexity index is 988. The number of amides is 2. The molecule has 2 atom stereocenters. The van der Waals surface area contributed by atoms with Crippen molar-refractivity contribution in [2.75, 3.05) is 10.6 Å². The van der Waals surface area contributed by atoms with Crippen LogP contribution in [0.15, 0.2) is 60.7 Å². The lowest BCUT2D eigenvalue weighted by Gasteiger charge is -2.23. The lowest BCUT2D eigenvalue weighted by molar-refractivity contribution is -0.122. The number of carbonyl (C=O) groups excluding carboxylic acids is 2. The van der Waals surface area contributed by atoms with Crippen molar-refractivity contribution in [1.82, 2.24) is 14.8 Å². The van der Waals surface area contributed by atoms with Crippen molar-refractivity contribution in [3.63, 3.8) is 0 Å². The quantitative estimate of drug-likeness (QED) is 0.712. The Morgan fingerprint density at radius 1 is 1.18 bits per heavy atom. The summed E-state index contributed by atoms with van der Waals surface area (Å²) in [4.78, 5) is 28.7. The molecule has 28 heavy (non-hydrogen) atoms. The largest absolute Gasteiger partial charge is 0.481 e. The van der Waals surface area contributed by atoms with Crippen molar-refractivity contribution in [1.29, 1.82) is 0 Å². The van der Waals surface area contributed by atoms with Gasteiger partial charge in [0.25, 0.3) is 11.9 Å². The summed E-state index contributed by atoms with van der Waals surface area (Å²) in [6.45, 7) is 1.65. The maximum Gasteiger partial charge on any atom is 0.267 e. The Morgan fingerprint density at radius 3 is 2.57 bits per heavy atom. The van der Waals surface area contributed by atoms with E-state index in [0.29, 0.717) is 11.7 Å². The lowest BCUT2D eigenvalue weighted by atomic mass is 10.0. The average molecular weight is 377 g/mol. The summed E-state index contributed by atoms with van der Waals surface area (Å²) in [5.41, 5.74) is 0.946. The predicted molar refractivity (Wildman–Crippen MR) is 103 cm³/mol. The summed E-state index contributed by atoms with van der Waals surface area (Å²) >= 11 is 0. The van der Waals surface area contributed by atoms with Crippen LogP contribution in [-0.4, -0.2) is 32.7 Å². The number of benzene rings is 2. The molecular formula is C20H19N5O3. The highest BCUT2D eigenvalue weighted by Crippen LogP contribution is 2.29. The Labute approximate surface area is 161 Å². The van der Waals surface area contributed by atoms with Gasteiger partial charge in [-0.3, -0.25) is 20.2 Å². The molecule has 8 heteroatoms. The average Bonchev–Trinajstić information content (AvgIpc) is 3.10. The monoisotopic (exact) mass is 377 g/mol. The summed E-state index contributed by atoms with van der Waals surface area (Å²) in [5, 5.41) is 9.71. The molecule has 0 bridgehead atoms. The van der Waals surface area contributed by atoms with Crippen LogP contribution in [0.25, 0.3) is 0 Å². The molecule has 1 aliphatic rings. The number of aromatic nitrogens is 3. The second-order valence-corrected chi connectivity index (χ2v) is 6.44. The zero-order valence-corrected chi connectivity index (χ0v) is 15.2. The third kappa shape index (κ3) is 3.71. The smallest absolute Gasteiger partial charge is 0.267 e. The number of para-hydroxylation sites is 1.